The number of aliphatic hydroxyl groups is 1. The molecule has 4 unspecified atom stereocenters. The first-order chi connectivity index (χ1) is 7.92. The number of likely N-dealkylation sites (tertiary alicyclic amines) is 1. The highest BCUT2D eigenvalue weighted by molar-refractivity contribution is 4.95. The van der Waals surface area contributed by atoms with Gasteiger partial charge >= 0.3 is 0 Å². The van der Waals surface area contributed by atoms with E-state index in [1.165, 1.54) is 38.6 Å². The molecule has 0 aromatic heterocycles. The molecule has 2 heteroatoms. The fourth-order valence-electron chi connectivity index (χ4n) is 3.86. The molecular formula is C15H29NO. The summed E-state index contributed by atoms with van der Waals surface area (Å²) in [5.74, 6) is 0.856. The summed E-state index contributed by atoms with van der Waals surface area (Å²) in [5, 5.41) is 10.6. The van der Waals surface area contributed by atoms with Crippen LogP contribution in [0.1, 0.15) is 59.8 Å². The first kappa shape index (κ1) is 13.4. The molecule has 0 amide bonds. The molecule has 1 aliphatic carbocycles. The van der Waals surface area contributed by atoms with Crippen LogP contribution in [0.5, 0.6) is 0 Å². The van der Waals surface area contributed by atoms with Gasteiger partial charge in [0, 0.05) is 12.1 Å². The van der Waals surface area contributed by atoms with Crippen LogP contribution >= 0.6 is 0 Å². The van der Waals surface area contributed by atoms with E-state index < -0.39 is 0 Å². The molecule has 0 bridgehead atoms. The largest absolute Gasteiger partial charge is 0.391 e. The summed E-state index contributed by atoms with van der Waals surface area (Å²) < 4.78 is 0. The van der Waals surface area contributed by atoms with E-state index in [1.807, 2.05) is 0 Å². The maximum atomic E-state index is 10.6. The van der Waals surface area contributed by atoms with Crippen LogP contribution in [0.3, 0.4) is 0 Å². The van der Waals surface area contributed by atoms with E-state index in [1.54, 1.807) is 0 Å². The SMILES string of the molecule is CC1CCN(C2CCCC(C)(C)C2O)C(C)C1. The lowest BCUT2D eigenvalue weighted by Gasteiger charge is -2.49. The Morgan fingerprint density at radius 3 is 2.53 bits per heavy atom. The Kier molecular flexibility index (Phi) is 3.84. The van der Waals surface area contributed by atoms with Crippen molar-refractivity contribution in [2.45, 2.75) is 78.0 Å². The summed E-state index contributed by atoms with van der Waals surface area (Å²) in [6.45, 7) is 10.3. The molecule has 2 aliphatic rings. The zero-order chi connectivity index (χ0) is 12.6. The third-order valence-electron chi connectivity index (χ3n) is 5.10. The van der Waals surface area contributed by atoms with Gasteiger partial charge in [-0.05, 0) is 50.5 Å². The van der Waals surface area contributed by atoms with Gasteiger partial charge in [-0.25, -0.2) is 0 Å². The fourth-order valence-corrected chi connectivity index (χ4v) is 3.86. The monoisotopic (exact) mass is 239 g/mol. The highest BCUT2D eigenvalue weighted by Crippen LogP contribution is 2.39. The molecule has 1 aliphatic heterocycles. The predicted octanol–water partition coefficient (Wildman–Crippen LogP) is 3.05. The Morgan fingerprint density at radius 2 is 1.88 bits per heavy atom. The third kappa shape index (κ3) is 2.68. The Hall–Kier alpha value is -0.0800. The molecular weight excluding hydrogens is 210 g/mol. The van der Waals surface area contributed by atoms with Gasteiger partial charge in [-0.15, -0.1) is 0 Å². The summed E-state index contributed by atoms with van der Waals surface area (Å²) in [6.07, 6.45) is 6.07. The summed E-state index contributed by atoms with van der Waals surface area (Å²) in [6, 6.07) is 1.05. The van der Waals surface area contributed by atoms with E-state index >= 15 is 0 Å². The van der Waals surface area contributed by atoms with Crippen molar-refractivity contribution in [1.82, 2.24) is 4.90 Å². The van der Waals surface area contributed by atoms with Gasteiger partial charge < -0.3 is 5.11 Å². The number of rotatable bonds is 1. The Balaban J connectivity index is 2.06. The number of hydrogen-bond acceptors (Lipinski definition) is 2. The van der Waals surface area contributed by atoms with Crippen molar-refractivity contribution in [2.75, 3.05) is 6.54 Å². The van der Waals surface area contributed by atoms with Crippen molar-refractivity contribution in [3.63, 3.8) is 0 Å². The average molecular weight is 239 g/mol. The van der Waals surface area contributed by atoms with Crippen molar-refractivity contribution in [2.24, 2.45) is 11.3 Å². The molecule has 1 heterocycles. The summed E-state index contributed by atoms with van der Waals surface area (Å²) in [5.41, 5.74) is 0.103. The minimum atomic E-state index is -0.146. The number of piperidine rings is 1. The average Bonchev–Trinajstić information content (AvgIpc) is 2.23. The van der Waals surface area contributed by atoms with Crippen LogP contribution in [-0.2, 0) is 0 Å². The maximum absolute atomic E-state index is 10.6. The van der Waals surface area contributed by atoms with Crippen LogP contribution < -0.4 is 0 Å². The standard InChI is InChI=1S/C15H29NO/c1-11-7-9-16(12(2)10-11)13-6-5-8-15(3,4)14(13)17/h11-14,17H,5-10H2,1-4H3. The van der Waals surface area contributed by atoms with Crippen molar-refractivity contribution in [3.8, 4) is 0 Å². The van der Waals surface area contributed by atoms with Gasteiger partial charge in [0.15, 0.2) is 0 Å². The van der Waals surface area contributed by atoms with E-state index in [4.69, 9.17) is 0 Å². The van der Waals surface area contributed by atoms with Gasteiger partial charge in [-0.2, -0.15) is 0 Å². The van der Waals surface area contributed by atoms with E-state index in [0.29, 0.717) is 12.1 Å². The molecule has 1 N–H and O–H groups in total. The molecule has 0 aromatic carbocycles. The van der Waals surface area contributed by atoms with Crippen LogP contribution in [-0.4, -0.2) is 34.7 Å². The lowest BCUT2D eigenvalue weighted by Crippen LogP contribution is -2.56. The first-order valence-corrected chi connectivity index (χ1v) is 7.35. The van der Waals surface area contributed by atoms with Crippen molar-refractivity contribution < 1.29 is 5.11 Å². The Morgan fingerprint density at radius 1 is 1.18 bits per heavy atom. The summed E-state index contributed by atoms with van der Waals surface area (Å²) in [7, 11) is 0. The van der Waals surface area contributed by atoms with E-state index in [0.717, 1.165) is 5.92 Å². The molecule has 100 valence electrons. The van der Waals surface area contributed by atoms with Gasteiger partial charge in [0.25, 0.3) is 0 Å². The molecule has 0 aromatic rings. The summed E-state index contributed by atoms with van der Waals surface area (Å²) in [4.78, 5) is 2.59. The maximum Gasteiger partial charge on any atom is 0.0746 e. The topological polar surface area (TPSA) is 23.5 Å². The second-order valence-electron chi connectivity index (χ2n) is 7.11. The fraction of sp³-hybridized carbons (Fsp3) is 1.00. The normalized spacial score (nSPS) is 43.6. The van der Waals surface area contributed by atoms with Gasteiger partial charge in [-0.1, -0.05) is 27.2 Å². The van der Waals surface area contributed by atoms with E-state index in [-0.39, 0.29) is 11.5 Å². The lowest BCUT2D eigenvalue weighted by atomic mass is 9.71. The zero-order valence-corrected chi connectivity index (χ0v) is 11.9. The smallest absolute Gasteiger partial charge is 0.0746 e. The van der Waals surface area contributed by atoms with Crippen LogP contribution in [0.4, 0.5) is 0 Å². The molecule has 0 spiro atoms. The zero-order valence-electron chi connectivity index (χ0n) is 11.9. The van der Waals surface area contributed by atoms with Gasteiger partial charge in [0.05, 0.1) is 6.10 Å². The second kappa shape index (κ2) is 4.89. The third-order valence-corrected chi connectivity index (χ3v) is 5.10. The van der Waals surface area contributed by atoms with Crippen LogP contribution in [0.15, 0.2) is 0 Å². The number of aliphatic hydroxyl groups excluding tert-OH is 1. The summed E-state index contributed by atoms with van der Waals surface area (Å²) >= 11 is 0. The van der Waals surface area contributed by atoms with Crippen LogP contribution in [0, 0.1) is 11.3 Å². The van der Waals surface area contributed by atoms with E-state index in [2.05, 4.69) is 32.6 Å². The molecule has 1 saturated carbocycles. The lowest BCUT2D eigenvalue weighted by molar-refractivity contribution is -0.0776. The van der Waals surface area contributed by atoms with Crippen molar-refractivity contribution >= 4 is 0 Å². The van der Waals surface area contributed by atoms with Crippen LogP contribution in [0.2, 0.25) is 0 Å². The van der Waals surface area contributed by atoms with E-state index in [9.17, 15) is 5.11 Å². The molecule has 17 heavy (non-hydrogen) atoms. The Labute approximate surface area is 106 Å². The molecule has 2 rings (SSSR count). The Bertz CT molecular complexity index is 264. The molecule has 0 radical (unpaired) electrons. The minimum Gasteiger partial charge on any atom is -0.391 e. The highest BCUT2D eigenvalue weighted by Gasteiger charge is 2.42. The van der Waals surface area contributed by atoms with Gasteiger partial charge in [-0.3, -0.25) is 4.90 Å². The highest BCUT2D eigenvalue weighted by atomic mass is 16.3. The van der Waals surface area contributed by atoms with Crippen LogP contribution in [0.25, 0.3) is 0 Å². The number of nitrogens with zero attached hydrogens (tertiary/aromatic N) is 1. The van der Waals surface area contributed by atoms with Crippen molar-refractivity contribution in [3.05, 3.63) is 0 Å². The predicted molar refractivity (Wildman–Crippen MR) is 72.0 cm³/mol. The number of hydrogen-bond donors (Lipinski definition) is 1. The van der Waals surface area contributed by atoms with Gasteiger partial charge in [0.1, 0.15) is 0 Å². The second-order valence-corrected chi connectivity index (χ2v) is 7.11. The molecule has 1 saturated heterocycles. The molecule has 4 atom stereocenters. The molecule has 2 fully saturated rings. The van der Waals surface area contributed by atoms with Crippen molar-refractivity contribution in [1.29, 1.82) is 0 Å². The quantitative estimate of drug-likeness (QED) is 0.760. The molecule has 2 nitrogen and oxygen atoms in total. The minimum absolute atomic E-state index is 0.103. The first-order valence-electron chi connectivity index (χ1n) is 7.35. The van der Waals surface area contributed by atoms with Gasteiger partial charge in [0.2, 0.25) is 0 Å².